The van der Waals surface area contributed by atoms with Gasteiger partial charge in [-0.1, -0.05) is 12.2 Å². The Hall–Kier alpha value is -2.54. The number of nitrogens with one attached hydrogen (secondary N) is 4. The zero-order chi connectivity index (χ0) is 25.0. The standard InChI is InChI=1S/C17H22N4O4.C7H9.Zr/c1-9(22)18-7-15(20-11(3)24)13-5-6-14-16(13)17(14,21-12(4)25)8-19-10(2)23;1-6-3-4-7(2)5-6;/h5-6H,7-8H2,1-4H3,(H,18,22)(H,19,23)(H,20,24)(H,21,25);3-5H,1-2H3;. The summed E-state index contributed by atoms with van der Waals surface area (Å²) >= 11 is 1.58. The van der Waals surface area contributed by atoms with Crippen LogP contribution in [0.2, 0.25) is 3.12 Å². The molecule has 0 spiro atoms. The van der Waals surface area contributed by atoms with Crippen LogP contribution in [0, 0.1) is 0 Å². The van der Waals surface area contributed by atoms with Crippen molar-refractivity contribution < 1.29 is 43.9 Å². The van der Waals surface area contributed by atoms with E-state index in [4.69, 9.17) is 0 Å². The molecule has 33 heavy (non-hydrogen) atoms. The van der Waals surface area contributed by atoms with Crippen molar-refractivity contribution in [3.05, 3.63) is 58.4 Å². The van der Waals surface area contributed by atoms with E-state index in [1.54, 1.807) is 24.7 Å². The van der Waals surface area contributed by atoms with Crippen LogP contribution in [0.1, 0.15) is 41.5 Å². The molecule has 0 bridgehead atoms. The number of amides is 4. The van der Waals surface area contributed by atoms with Crippen molar-refractivity contribution in [2.45, 2.75) is 50.2 Å². The van der Waals surface area contributed by atoms with Gasteiger partial charge in [-0.25, -0.2) is 0 Å². The van der Waals surface area contributed by atoms with Crippen LogP contribution in [0.3, 0.4) is 0 Å². The third-order valence-corrected chi connectivity index (χ3v) is 5.92. The first kappa shape index (κ1) is 26.7. The van der Waals surface area contributed by atoms with Gasteiger partial charge in [-0.05, 0) is 11.1 Å². The Labute approximate surface area is 209 Å². The van der Waals surface area contributed by atoms with E-state index >= 15 is 0 Å². The van der Waals surface area contributed by atoms with Crippen molar-refractivity contribution in [2.24, 2.45) is 0 Å². The summed E-state index contributed by atoms with van der Waals surface area (Å²) in [7, 11) is 0. The molecule has 0 saturated heterocycles. The molecular weight excluding hydrogens is 500 g/mol. The zero-order valence-electron chi connectivity index (χ0n) is 19.9. The summed E-state index contributed by atoms with van der Waals surface area (Å²) in [6, 6.07) is 0. The van der Waals surface area contributed by atoms with Gasteiger partial charge in [0, 0.05) is 45.5 Å². The number of hydrogen-bond donors (Lipinski definition) is 4. The van der Waals surface area contributed by atoms with Gasteiger partial charge in [0.2, 0.25) is 23.6 Å². The molecule has 0 aromatic heterocycles. The Morgan fingerprint density at radius 2 is 1.55 bits per heavy atom. The van der Waals surface area contributed by atoms with Gasteiger partial charge in [0.1, 0.15) is 5.54 Å². The van der Waals surface area contributed by atoms with Gasteiger partial charge < -0.3 is 21.3 Å². The van der Waals surface area contributed by atoms with Gasteiger partial charge in [-0.2, -0.15) is 0 Å². The molecule has 0 aromatic carbocycles. The van der Waals surface area contributed by atoms with E-state index in [1.807, 2.05) is 12.2 Å². The third-order valence-electron chi connectivity index (χ3n) is 5.16. The second-order valence-electron chi connectivity index (χ2n) is 8.61. The normalized spacial score (nSPS) is 25.3. The molecule has 4 amide bonds. The van der Waals surface area contributed by atoms with E-state index in [9.17, 15) is 19.2 Å². The first-order valence-electron chi connectivity index (χ1n) is 10.6. The molecule has 0 aliphatic heterocycles. The first-order valence-corrected chi connectivity index (χ1v) is 11.9. The van der Waals surface area contributed by atoms with E-state index < -0.39 is 5.54 Å². The molecule has 3 aliphatic carbocycles. The predicted octanol–water partition coefficient (Wildman–Crippen LogP) is 1.63. The minimum atomic E-state index is -0.762. The van der Waals surface area contributed by atoms with Crippen LogP contribution in [0.5, 0.6) is 0 Å². The molecule has 2 unspecified atom stereocenters. The summed E-state index contributed by atoms with van der Waals surface area (Å²) in [5, 5.41) is 11.0. The number of hydrogen-bond acceptors (Lipinski definition) is 4. The maximum atomic E-state index is 11.6. The summed E-state index contributed by atoms with van der Waals surface area (Å²) in [6.45, 7) is 10.4. The molecule has 2 atom stereocenters. The summed E-state index contributed by atoms with van der Waals surface area (Å²) in [5.74, 6) is -0.911. The van der Waals surface area contributed by atoms with Crippen LogP contribution in [0.4, 0.5) is 0 Å². The van der Waals surface area contributed by atoms with Gasteiger partial charge in [-0.3, -0.25) is 19.2 Å². The Morgan fingerprint density at radius 3 is 1.97 bits per heavy atom. The van der Waals surface area contributed by atoms with E-state index in [2.05, 4.69) is 53.3 Å². The number of allylic oxidation sites excluding steroid dienone is 5. The molecule has 9 heteroatoms. The fourth-order valence-corrected chi connectivity index (χ4v) is 4.63. The fraction of sp³-hybridized carbons (Fsp3) is 0.417. The number of carbonyl (C=O) groups excluding carboxylic acids is 4. The Kier molecular flexibility index (Phi) is 8.58. The van der Waals surface area contributed by atoms with Gasteiger partial charge in [-0.15, -0.1) is 0 Å². The summed E-state index contributed by atoms with van der Waals surface area (Å²) < 4.78 is 0.413. The van der Waals surface area contributed by atoms with Crippen LogP contribution in [0.25, 0.3) is 0 Å². The van der Waals surface area contributed by atoms with Crippen molar-refractivity contribution in [1.29, 1.82) is 0 Å². The predicted molar refractivity (Wildman–Crippen MR) is 122 cm³/mol. The Morgan fingerprint density at radius 1 is 0.909 bits per heavy atom. The first-order chi connectivity index (χ1) is 15.3. The molecule has 0 aromatic rings. The van der Waals surface area contributed by atoms with Gasteiger partial charge in [0.15, 0.2) is 0 Å². The fourth-order valence-electron chi connectivity index (χ4n) is 3.86. The molecule has 4 N–H and O–H groups in total. The van der Waals surface area contributed by atoms with Gasteiger partial charge in [0.05, 0.1) is 6.54 Å². The Bertz CT molecular complexity index is 1030. The van der Waals surface area contributed by atoms with Crippen LogP contribution in [0.15, 0.2) is 58.4 Å². The molecule has 0 saturated carbocycles. The monoisotopic (exact) mass is 529 g/mol. The molecular formula is C24H31N4O4Zr. The van der Waals surface area contributed by atoms with E-state index in [-0.39, 0.29) is 36.7 Å². The Balaban J connectivity index is 0.000000405. The molecule has 0 radical (unpaired) electrons. The summed E-state index contributed by atoms with van der Waals surface area (Å²) in [4.78, 5) is 45.6. The quantitative estimate of drug-likeness (QED) is 0.418. The minimum absolute atomic E-state index is 0.154. The number of rotatable bonds is 6. The molecule has 8 nitrogen and oxygen atoms in total. The maximum absolute atomic E-state index is 11.6. The van der Waals surface area contributed by atoms with Crippen LogP contribution in [-0.2, 0) is 43.9 Å². The van der Waals surface area contributed by atoms with Crippen LogP contribution >= 0.6 is 0 Å². The number of carbonyl (C=O) groups is 4. The molecule has 3 rings (SSSR count). The average molecular weight is 531 g/mol. The van der Waals surface area contributed by atoms with E-state index in [0.717, 1.165) is 16.7 Å². The summed E-state index contributed by atoms with van der Waals surface area (Å²) in [5.41, 5.74) is 3.64. The van der Waals surface area contributed by atoms with Gasteiger partial charge in [0.25, 0.3) is 0 Å². The van der Waals surface area contributed by atoms with Crippen LogP contribution < -0.4 is 21.3 Å². The molecule has 175 valence electrons. The topological polar surface area (TPSA) is 116 Å². The second-order valence-corrected chi connectivity index (χ2v) is 11.3. The average Bonchev–Trinajstić information content (AvgIpc) is 2.95. The van der Waals surface area contributed by atoms with E-state index in [1.165, 1.54) is 33.3 Å². The van der Waals surface area contributed by atoms with E-state index in [0.29, 0.717) is 8.82 Å². The molecule has 3 aliphatic rings. The van der Waals surface area contributed by atoms with Crippen molar-refractivity contribution in [1.82, 2.24) is 21.3 Å². The SMILES string of the molecule is CC(=O)NCC(NC(C)=O)=C1C=CC2=C1C2(CNC(C)=O)NC(C)=O.CC1=C[C](C)([Zr])C=C1. The van der Waals surface area contributed by atoms with Crippen molar-refractivity contribution in [3.8, 4) is 0 Å². The van der Waals surface area contributed by atoms with Gasteiger partial charge >= 0.3 is 65.5 Å². The zero-order valence-corrected chi connectivity index (χ0v) is 22.4. The van der Waals surface area contributed by atoms with Crippen molar-refractivity contribution in [3.63, 3.8) is 0 Å². The summed E-state index contributed by atoms with van der Waals surface area (Å²) in [6.07, 6.45) is 10.4. The van der Waals surface area contributed by atoms with Crippen LogP contribution in [-0.4, -0.2) is 42.3 Å². The molecule has 0 fully saturated rings. The molecule has 0 heterocycles. The third kappa shape index (κ3) is 7.22. The second kappa shape index (κ2) is 10.6. The van der Waals surface area contributed by atoms with Crippen molar-refractivity contribution >= 4 is 23.6 Å². The van der Waals surface area contributed by atoms with Crippen molar-refractivity contribution in [2.75, 3.05) is 13.1 Å².